The van der Waals surface area contributed by atoms with Gasteiger partial charge in [-0.05, 0) is 31.2 Å². The van der Waals surface area contributed by atoms with E-state index in [4.69, 9.17) is 9.47 Å². The highest BCUT2D eigenvalue weighted by atomic mass is 79.9. The van der Waals surface area contributed by atoms with Crippen molar-refractivity contribution in [3.05, 3.63) is 28.2 Å². The van der Waals surface area contributed by atoms with Gasteiger partial charge in [-0.1, -0.05) is 22.9 Å². The van der Waals surface area contributed by atoms with Gasteiger partial charge >= 0.3 is 0 Å². The molecule has 0 fully saturated rings. The number of benzene rings is 1. The van der Waals surface area contributed by atoms with Gasteiger partial charge in [-0.15, -0.1) is 0 Å². The minimum atomic E-state index is 0.280. The first-order valence-electron chi connectivity index (χ1n) is 5.38. The predicted octanol–water partition coefficient (Wildman–Crippen LogP) is 2.93. The molecule has 1 aromatic carbocycles. The summed E-state index contributed by atoms with van der Waals surface area (Å²) in [6.07, 6.45) is 1.13. The van der Waals surface area contributed by atoms with Gasteiger partial charge in [0.25, 0.3) is 0 Å². The van der Waals surface area contributed by atoms with Gasteiger partial charge in [0.05, 0.1) is 0 Å². The van der Waals surface area contributed by atoms with Crippen molar-refractivity contribution in [2.24, 2.45) is 0 Å². The van der Waals surface area contributed by atoms with E-state index in [0.717, 1.165) is 35.3 Å². The van der Waals surface area contributed by atoms with E-state index in [2.05, 4.69) is 34.2 Å². The van der Waals surface area contributed by atoms with Gasteiger partial charge in [-0.2, -0.15) is 0 Å². The van der Waals surface area contributed by atoms with Crippen molar-refractivity contribution in [1.82, 2.24) is 5.32 Å². The molecule has 0 aromatic heterocycles. The normalized spacial score (nSPS) is 10.4. The Hall–Kier alpha value is -0.580. The van der Waals surface area contributed by atoms with Crippen LogP contribution in [0.15, 0.2) is 22.7 Å². The number of ether oxygens (including phenoxy) is 2. The Morgan fingerprint density at radius 3 is 2.88 bits per heavy atom. The summed E-state index contributed by atoms with van der Waals surface area (Å²) in [5, 5.41) is 3.35. The smallest absolute Gasteiger partial charge is 0.188 e. The molecule has 4 heteroatoms. The largest absolute Gasteiger partial charge is 0.467 e. The zero-order valence-corrected chi connectivity index (χ0v) is 11.3. The van der Waals surface area contributed by atoms with E-state index in [0.29, 0.717) is 0 Å². The first kappa shape index (κ1) is 13.5. The zero-order chi connectivity index (χ0) is 11.8. The summed E-state index contributed by atoms with van der Waals surface area (Å²) in [4.78, 5) is 0. The standard InChI is InChI=1S/C12H18BrNO2/c1-3-6-14-8-10-7-11(13)4-5-12(10)16-9-15-2/h4-5,7,14H,3,6,8-9H2,1-2H3. The van der Waals surface area contributed by atoms with Crippen molar-refractivity contribution in [3.8, 4) is 5.75 Å². The van der Waals surface area contributed by atoms with E-state index in [1.54, 1.807) is 7.11 Å². The summed E-state index contributed by atoms with van der Waals surface area (Å²) in [5.41, 5.74) is 1.14. The second-order valence-electron chi connectivity index (χ2n) is 3.48. The molecule has 1 N–H and O–H groups in total. The van der Waals surface area contributed by atoms with E-state index >= 15 is 0 Å². The predicted molar refractivity (Wildman–Crippen MR) is 68.6 cm³/mol. The third-order valence-electron chi connectivity index (χ3n) is 2.10. The highest BCUT2D eigenvalue weighted by Gasteiger charge is 2.04. The summed E-state index contributed by atoms with van der Waals surface area (Å²) >= 11 is 3.46. The van der Waals surface area contributed by atoms with Crippen molar-refractivity contribution in [2.75, 3.05) is 20.4 Å². The molecule has 1 aromatic rings. The third-order valence-corrected chi connectivity index (χ3v) is 2.59. The van der Waals surface area contributed by atoms with Crippen molar-refractivity contribution >= 4 is 15.9 Å². The molecule has 0 spiro atoms. The van der Waals surface area contributed by atoms with Crippen LogP contribution in [0.25, 0.3) is 0 Å². The molecule has 0 bridgehead atoms. The van der Waals surface area contributed by atoms with Crippen LogP contribution in [0.1, 0.15) is 18.9 Å². The fourth-order valence-corrected chi connectivity index (χ4v) is 1.76. The SMILES string of the molecule is CCCNCc1cc(Br)ccc1OCOC. The van der Waals surface area contributed by atoms with Crippen LogP contribution in [0.4, 0.5) is 0 Å². The zero-order valence-electron chi connectivity index (χ0n) is 9.75. The number of methoxy groups -OCH3 is 1. The molecule has 0 aliphatic rings. The Labute approximate surface area is 105 Å². The lowest BCUT2D eigenvalue weighted by Crippen LogP contribution is -2.15. The van der Waals surface area contributed by atoms with Crippen molar-refractivity contribution in [2.45, 2.75) is 19.9 Å². The van der Waals surface area contributed by atoms with Crippen LogP contribution < -0.4 is 10.1 Å². The lowest BCUT2D eigenvalue weighted by molar-refractivity contribution is 0.0503. The average molecular weight is 288 g/mol. The van der Waals surface area contributed by atoms with E-state index in [-0.39, 0.29) is 6.79 Å². The molecule has 0 saturated carbocycles. The second-order valence-corrected chi connectivity index (χ2v) is 4.40. The summed E-state index contributed by atoms with van der Waals surface area (Å²) in [6, 6.07) is 5.98. The van der Waals surface area contributed by atoms with Crippen LogP contribution in [-0.2, 0) is 11.3 Å². The maximum absolute atomic E-state index is 5.49. The number of nitrogens with one attached hydrogen (secondary N) is 1. The highest BCUT2D eigenvalue weighted by molar-refractivity contribution is 9.10. The van der Waals surface area contributed by atoms with Crippen molar-refractivity contribution in [3.63, 3.8) is 0 Å². The van der Waals surface area contributed by atoms with Crippen molar-refractivity contribution in [1.29, 1.82) is 0 Å². The van der Waals surface area contributed by atoms with Crippen LogP contribution >= 0.6 is 15.9 Å². The number of rotatable bonds is 7. The molecular weight excluding hydrogens is 270 g/mol. The van der Waals surface area contributed by atoms with Gasteiger partial charge < -0.3 is 14.8 Å². The fourth-order valence-electron chi connectivity index (χ4n) is 1.35. The van der Waals surface area contributed by atoms with E-state index in [1.165, 1.54) is 0 Å². The van der Waals surface area contributed by atoms with Crippen molar-refractivity contribution < 1.29 is 9.47 Å². The van der Waals surface area contributed by atoms with Gasteiger partial charge in [0.15, 0.2) is 6.79 Å². The number of halogens is 1. The molecule has 16 heavy (non-hydrogen) atoms. The number of hydrogen-bond donors (Lipinski definition) is 1. The van der Waals surface area contributed by atoms with Crippen LogP contribution in [0, 0.1) is 0 Å². The van der Waals surface area contributed by atoms with Gasteiger partial charge in [0.1, 0.15) is 5.75 Å². The molecule has 0 saturated heterocycles. The summed E-state index contributed by atoms with van der Waals surface area (Å²) in [6.45, 7) is 4.25. The monoisotopic (exact) mass is 287 g/mol. The van der Waals surface area contributed by atoms with Gasteiger partial charge in [-0.3, -0.25) is 0 Å². The molecule has 90 valence electrons. The van der Waals surface area contributed by atoms with Crippen LogP contribution in [-0.4, -0.2) is 20.4 Å². The van der Waals surface area contributed by atoms with Crippen LogP contribution in [0.3, 0.4) is 0 Å². The Kier molecular flexibility index (Phi) is 6.45. The molecule has 0 atom stereocenters. The van der Waals surface area contributed by atoms with E-state index < -0.39 is 0 Å². The minimum Gasteiger partial charge on any atom is -0.467 e. The molecule has 1 rings (SSSR count). The topological polar surface area (TPSA) is 30.5 Å². The molecule has 0 unspecified atom stereocenters. The molecule has 3 nitrogen and oxygen atoms in total. The quantitative estimate of drug-likeness (QED) is 0.618. The maximum atomic E-state index is 5.49. The first-order chi connectivity index (χ1) is 7.77. The average Bonchev–Trinajstić information content (AvgIpc) is 2.28. The number of hydrogen-bond acceptors (Lipinski definition) is 3. The molecule has 0 aliphatic carbocycles. The molecule has 0 radical (unpaired) electrons. The van der Waals surface area contributed by atoms with Crippen LogP contribution in [0.2, 0.25) is 0 Å². The van der Waals surface area contributed by atoms with E-state index in [1.807, 2.05) is 12.1 Å². The highest BCUT2D eigenvalue weighted by Crippen LogP contribution is 2.23. The Bertz CT molecular complexity index is 318. The lowest BCUT2D eigenvalue weighted by Gasteiger charge is -2.11. The lowest BCUT2D eigenvalue weighted by atomic mass is 10.2. The summed E-state index contributed by atoms with van der Waals surface area (Å²) < 4.78 is 11.5. The second kappa shape index (κ2) is 7.65. The van der Waals surface area contributed by atoms with Gasteiger partial charge in [-0.25, -0.2) is 0 Å². The van der Waals surface area contributed by atoms with Crippen LogP contribution in [0.5, 0.6) is 5.75 Å². The van der Waals surface area contributed by atoms with E-state index in [9.17, 15) is 0 Å². The summed E-state index contributed by atoms with van der Waals surface area (Å²) in [7, 11) is 1.62. The third kappa shape index (κ3) is 4.51. The minimum absolute atomic E-state index is 0.280. The van der Waals surface area contributed by atoms with Gasteiger partial charge in [0.2, 0.25) is 0 Å². The Balaban J connectivity index is 2.65. The first-order valence-corrected chi connectivity index (χ1v) is 6.18. The molecular formula is C12H18BrNO2. The Morgan fingerprint density at radius 2 is 2.19 bits per heavy atom. The summed E-state index contributed by atoms with van der Waals surface area (Å²) in [5.74, 6) is 0.869. The fraction of sp³-hybridized carbons (Fsp3) is 0.500. The molecule has 0 amide bonds. The molecule has 0 heterocycles. The Morgan fingerprint density at radius 1 is 1.38 bits per heavy atom. The maximum Gasteiger partial charge on any atom is 0.188 e. The van der Waals surface area contributed by atoms with Gasteiger partial charge in [0, 0.05) is 23.7 Å². The molecule has 0 aliphatic heterocycles.